The number of nitrogens with one attached hydrogen (secondary N) is 1. The first-order valence-corrected chi connectivity index (χ1v) is 4.79. The van der Waals surface area contributed by atoms with Gasteiger partial charge in [-0.15, -0.1) is 0 Å². The number of pyridine rings is 1. The van der Waals surface area contributed by atoms with E-state index in [0.29, 0.717) is 0 Å². The SMILES string of the molecule is CNC(C1=COCC1)c1ccncc1. The average Bonchev–Trinajstić information content (AvgIpc) is 2.74. The van der Waals surface area contributed by atoms with Crippen LogP contribution in [0.4, 0.5) is 0 Å². The molecule has 2 rings (SSSR count). The van der Waals surface area contributed by atoms with Crippen LogP contribution in [0.25, 0.3) is 0 Å². The number of hydrogen-bond donors (Lipinski definition) is 1. The molecular weight excluding hydrogens is 176 g/mol. The molecule has 3 nitrogen and oxygen atoms in total. The van der Waals surface area contributed by atoms with Crippen molar-refractivity contribution in [3.05, 3.63) is 41.9 Å². The van der Waals surface area contributed by atoms with Gasteiger partial charge in [0.05, 0.1) is 18.9 Å². The summed E-state index contributed by atoms with van der Waals surface area (Å²) >= 11 is 0. The van der Waals surface area contributed by atoms with Gasteiger partial charge in [0.15, 0.2) is 0 Å². The highest BCUT2D eigenvalue weighted by Gasteiger charge is 2.17. The van der Waals surface area contributed by atoms with E-state index in [9.17, 15) is 0 Å². The lowest BCUT2D eigenvalue weighted by Gasteiger charge is -2.16. The molecule has 2 heterocycles. The molecule has 0 aliphatic carbocycles. The minimum atomic E-state index is 0.264. The van der Waals surface area contributed by atoms with Gasteiger partial charge < -0.3 is 10.1 Å². The van der Waals surface area contributed by atoms with Crippen molar-refractivity contribution in [1.29, 1.82) is 0 Å². The van der Waals surface area contributed by atoms with Crippen LogP contribution < -0.4 is 5.32 Å². The van der Waals surface area contributed by atoms with E-state index >= 15 is 0 Å². The van der Waals surface area contributed by atoms with Crippen molar-refractivity contribution in [3.8, 4) is 0 Å². The first-order valence-electron chi connectivity index (χ1n) is 4.79. The Morgan fingerprint density at radius 2 is 2.21 bits per heavy atom. The molecule has 0 saturated carbocycles. The van der Waals surface area contributed by atoms with Gasteiger partial charge in [0.1, 0.15) is 0 Å². The first kappa shape index (κ1) is 9.21. The minimum Gasteiger partial charge on any atom is -0.501 e. The predicted octanol–water partition coefficient (Wildman–Crippen LogP) is 1.65. The van der Waals surface area contributed by atoms with Crippen molar-refractivity contribution >= 4 is 0 Å². The summed E-state index contributed by atoms with van der Waals surface area (Å²) in [5.41, 5.74) is 2.54. The zero-order chi connectivity index (χ0) is 9.80. The van der Waals surface area contributed by atoms with E-state index in [4.69, 9.17) is 4.74 Å². The third-order valence-corrected chi connectivity index (χ3v) is 2.44. The predicted molar refractivity (Wildman–Crippen MR) is 54.7 cm³/mol. The molecule has 1 aromatic heterocycles. The Hall–Kier alpha value is -1.35. The van der Waals surface area contributed by atoms with Crippen LogP contribution in [-0.2, 0) is 4.74 Å². The van der Waals surface area contributed by atoms with Crippen molar-refractivity contribution in [3.63, 3.8) is 0 Å². The third kappa shape index (κ3) is 1.77. The van der Waals surface area contributed by atoms with Gasteiger partial charge in [0.2, 0.25) is 0 Å². The third-order valence-electron chi connectivity index (χ3n) is 2.44. The summed E-state index contributed by atoms with van der Waals surface area (Å²) in [7, 11) is 1.96. The van der Waals surface area contributed by atoms with Crippen LogP contribution in [0.3, 0.4) is 0 Å². The molecule has 1 unspecified atom stereocenters. The molecule has 0 saturated heterocycles. The Morgan fingerprint density at radius 1 is 1.43 bits per heavy atom. The largest absolute Gasteiger partial charge is 0.501 e. The second-order valence-electron chi connectivity index (χ2n) is 3.32. The van der Waals surface area contributed by atoms with Crippen molar-refractivity contribution in [2.24, 2.45) is 0 Å². The van der Waals surface area contributed by atoms with E-state index in [1.54, 1.807) is 0 Å². The summed E-state index contributed by atoms with van der Waals surface area (Å²) in [5, 5.41) is 3.28. The molecule has 0 bridgehead atoms. The fourth-order valence-corrected chi connectivity index (χ4v) is 1.74. The topological polar surface area (TPSA) is 34.1 Å². The lowest BCUT2D eigenvalue weighted by molar-refractivity contribution is 0.281. The van der Waals surface area contributed by atoms with E-state index in [1.807, 2.05) is 37.8 Å². The Morgan fingerprint density at radius 3 is 2.79 bits per heavy atom. The van der Waals surface area contributed by atoms with Crippen LogP contribution >= 0.6 is 0 Å². The van der Waals surface area contributed by atoms with Gasteiger partial charge in [0.25, 0.3) is 0 Å². The normalized spacial score (nSPS) is 17.4. The van der Waals surface area contributed by atoms with E-state index in [2.05, 4.69) is 10.3 Å². The van der Waals surface area contributed by atoms with E-state index in [1.165, 1.54) is 11.1 Å². The summed E-state index contributed by atoms with van der Waals surface area (Å²) in [6.45, 7) is 0.804. The highest BCUT2D eigenvalue weighted by Crippen LogP contribution is 2.26. The molecule has 0 fully saturated rings. The number of rotatable bonds is 3. The number of likely N-dealkylation sites (N-methyl/N-ethyl adjacent to an activating group) is 1. The molecule has 0 aromatic carbocycles. The summed E-state index contributed by atoms with van der Waals surface area (Å²) < 4.78 is 5.24. The van der Waals surface area contributed by atoms with Crippen molar-refractivity contribution in [1.82, 2.24) is 10.3 Å². The molecule has 0 amide bonds. The second-order valence-corrected chi connectivity index (χ2v) is 3.32. The molecule has 0 radical (unpaired) electrons. The standard InChI is InChI=1S/C11H14N2O/c1-12-11(10-4-7-14-8-10)9-2-5-13-6-3-9/h2-3,5-6,8,11-12H,4,7H2,1H3. The van der Waals surface area contributed by atoms with Gasteiger partial charge >= 0.3 is 0 Å². The molecular formula is C11H14N2O. The molecule has 1 atom stereocenters. The summed E-state index contributed by atoms with van der Waals surface area (Å²) in [4.78, 5) is 4.01. The summed E-state index contributed by atoms with van der Waals surface area (Å²) in [6, 6.07) is 4.32. The zero-order valence-electron chi connectivity index (χ0n) is 8.23. The summed E-state index contributed by atoms with van der Waals surface area (Å²) in [5.74, 6) is 0. The zero-order valence-corrected chi connectivity index (χ0v) is 8.23. The van der Waals surface area contributed by atoms with Crippen LogP contribution in [0.2, 0.25) is 0 Å². The minimum absolute atomic E-state index is 0.264. The van der Waals surface area contributed by atoms with Crippen LogP contribution in [0.15, 0.2) is 36.4 Å². The molecule has 14 heavy (non-hydrogen) atoms. The Balaban J connectivity index is 2.21. The molecule has 1 aliphatic heterocycles. The van der Waals surface area contributed by atoms with Gasteiger partial charge in [-0.25, -0.2) is 0 Å². The van der Waals surface area contributed by atoms with Gasteiger partial charge in [-0.1, -0.05) is 0 Å². The highest BCUT2D eigenvalue weighted by atomic mass is 16.5. The number of nitrogens with zero attached hydrogens (tertiary/aromatic N) is 1. The highest BCUT2D eigenvalue weighted by molar-refractivity contribution is 5.26. The Kier molecular flexibility index (Phi) is 2.79. The fourth-order valence-electron chi connectivity index (χ4n) is 1.74. The van der Waals surface area contributed by atoms with E-state index in [-0.39, 0.29) is 6.04 Å². The Bertz CT molecular complexity index is 321. The van der Waals surface area contributed by atoms with Gasteiger partial charge in [0, 0.05) is 18.8 Å². The van der Waals surface area contributed by atoms with Crippen LogP contribution in [0, 0.1) is 0 Å². The van der Waals surface area contributed by atoms with Gasteiger partial charge in [-0.3, -0.25) is 4.98 Å². The lowest BCUT2D eigenvalue weighted by atomic mass is 9.99. The maximum Gasteiger partial charge on any atom is 0.0912 e. The smallest absolute Gasteiger partial charge is 0.0912 e. The number of ether oxygens (including phenoxy) is 1. The van der Waals surface area contributed by atoms with Crippen molar-refractivity contribution < 1.29 is 4.74 Å². The Labute approximate surface area is 83.8 Å². The lowest BCUT2D eigenvalue weighted by Crippen LogP contribution is -2.18. The maximum absolute atomic E-state index is 5.24. The molecule has 1 aliphatic rings. The van der Waals surface area contributed by atoms with E-state index < -0.39 is 0 Å². The first-order chi connectivity index (χ1) is 6.92. The molecule has 74 valence electrons. The molecule has 1 N–H and O–H groups in total. The number of aromatic nitrogens is 1. The monoisotopic (exact) mass is 190 g/mol. The maximum atomic E-state index is 5.24. The fraction of sp³-hybridized carbons (Fsp3) is 0.364. The average molecular weight is 190 g/mol. The van der Waals surface area contributed by atoms with Crippen molar-refractivity contribution in [2.75, 3.05) is 13.7 Å². The number of hydrogen-bond acceptors (Lipinski definition) is 3. The second kappa shape index (κ2) is 4.24. The van der Waals surface area contributed by atoms with Gasteiger partial charge in [-0.05, 0) is 30.3 Å². The quantitative estimate of drug-likeness (QED) is 0.786. The molecule has 1 aromatic rings. The van der Waals surface area contributed by atoms with Crippen molar-refractivity contribution in [2.45, 2.75) is 12.5 Å². The van der Waals surface area contributed by atoms with E-state index in [0.717, 1.165) is 13.0 Å². The van der Waals surface area contributed by atoms with Gasteiger partial charge in [-0.2, -0.15) is 0 Å². The summed E-state index contributed by atoms with van der Waals surface area (Å²) in [6.07, 6.45) is 6.50. The molecule has 3 heteroatoms. The van der Waals surface area contributed by atoms with Crippen LogP contribution in [0.1, 0.15) is 18.0 Å². The van der Waals surface area contributed by atoms with Crippen LogP contribution in [-0.4, -0.2) is 18.6 Å². The molecule has 0 spiro atoms. The van der Waals surface area contributed by atoms with Crippen LogP contribution in [0.5, 0.6) is 0 Å².